The van der Waals surface area contributed by atoms with Crippen molar-refractivity contribution in [2.24, 2.45) is 5.92 Å². The van der Waals surface area contributed by atoms with Crippen LogP contribution in [0, 0.1) is 5.92 Å². The number of unbranched alkanes of at least 4 members (excludes halogenated alkanes) is 10. The summed E-state index contributed by atoms with van der Waals surface area (Å²) in [5.41, 5.74) is 0. The molecule has 6 atom stereocenters. The first kappa shape index (κ1) is 49.2. The maximum Gasteiger partial charge on any atom is 0.472 e. The quantitative estimate of drug-likeness (QED) is 0.0183. The second kappa shape index (κ2) is 32.4. The number of phosphoric acid groups is 1. The molecule has 308 valence electrons. The number of carbonyl (C=O) groups is 2. The molecule has 0 amide bonds. The third kappa shape index (κ3) is 30.1. The Morgan fingerprint density at radius 3 is 2.06 bits per heavy atom. The standard InChI is InChI=1S/C41H73O11P/c1-4-6-7-8-9-10-11-12-13-17-20-23-27-38-39(52-38)28-25-30-41(45)51-37(34-50-53(46,47)49-32-36(43)31-42)33-48-40(44)29-24-21-18-15-14-16-19-22-26-35(3)5-2/h9-10,12-13,20,23,35-39,42-43H,4-8,11,14-19,21-22,24-34H2,1-3H3,(H,46,47)/b10-9-,13-12-,23-20-/t35?,36-,37+,38?,39?/m0/s1. The van der Waals surface area contributed by atoms with E-state index in [4.69, 9.17) is 23.8 Å². The van der Waals surface area contributed by atoms with Gasteiger partial charge in [0.15, 0.2) is 6.10 Å². The Morgan fingerprint density at radius 1 is 0.755 bits per heavy atom. The number of esters is 2. The van der Waals surface area contributed by atoms with Crippen molar-refractivity contribution in [2.75, 3.05) is 26.4 Å². The Balaban J connectivity index is 2.35. The van der Waals surface area contributed by atoms with Gasteiger partial charge in [0.25, 0.3) is 0 Å². The van der Waals surface area contributed by atoms with Crippen LogP contribution in [0.1, 0.15) is 156 Å². The van der Waals surface area contributed by atoms with Gasteiger partial charge in [0, 0.05) is 12.8 Å². The molecule has 53 heavy (non-hydrogen) atoms. The summed E-state index contributed by atoms with van der Waals surface area (Å²) in [5, 5.41) is 18.3. The summed E-state index contributed by atoms with van der Waals surface area (Å²) in [4.78, 5) is 35.0. The first-order valence-electron chi connectivity index (χ1n) is 20.5. The SMILES string of the molecule is CCCCC/C=C\C/C=C\C/C=C\CC1OC1CCCC(=O)O[C@H](COC(=O)CCCCCCCCCCC(C)CC)COP(=O)(O)OC[C@@H](O)CO. The van der Waals surface area contributed by atoms with Crippen molar-refractivity contribution in [3.05, 3.63) is 36.5 Å². The molecule has 0 aromatic heterocycles. The molecule has 1 aliphatic rings. The maximum atomic E-state index is 12.7. The largest absolute Gasteiger partial charge is 0.472 e. The van der Waals surface area contributed by atoms with Crippen LogP contribution in [0.2, 0.25) is 0 Å². The van der Waals surface area contributed by atoms with E-state index in [1.807, 2.05) is 0 Å². The molecule has 3 N–H and O–H groups in total. The summed E-state index contributed by atoms with van der Waals surface area (Å²) < 4.78 is 38.4. The maximum absolute atomic E-state index is 12.7. The molecule has 1 aliphatic heterocycles. The molecule has 0 aromatic rings. The van der Waals surface area contributed by atoms with E-state index in [1.54, 1.807) is 0 Å². The number of aliphatic hydroxyl groups excluding tert-OH is 2. The van der Waals surface area contributed by atoms with E-state index >= 15 is 0 Å². The predicted molar refractivity (Wildman–Crippen MR) is 209 cm³/mol. The number of allylic oxidation sites excluding steroid dienone is 5. The first-order chi connectivity index (χ1) is 25.6. The van der Waals surface area contributed by atoms with E-state index in [-0.39, 0.29) is 31.7 Å². The first-order valence-corrected chi connectivity index (χ1v) is 22.0. The lowest BCUT2D eigenvalue weighted by Crippen LogP contribution is -2.30. The molecule has 1 rings (SSSR count). The molecule has 0 bridgehead atoms. The van der Waals surface area contributed by atoms with Gasteiger partial charge in [-0.05, 0) is 57.3 Å². The molecule has 11 nitrogen and oxygen atoms in total. The minimum Gasteiger partial charge on any atom is -0.462 e. The van der Waals surface area contributed by atoms with E-state index in [2.05, 4.69) is 61.8 Å². The molecule has 0 aromatic carbocycles. The van der Waals surface area contributed by atoms with Crippen LogP contribution in [0.4, 0.5) is 0 Å². The van der Waals surface area contributed by atoms with Gasteiger partial charge >= 0.3 is 19.8 Å². The van der Waals surface area contributed by atoms with Crippen LogP contribution in [-0.2, 0) is 37.4 Å². The van der Waals surface area contributed by atoms with Crippen LogP contribution in [-0.4, -0.2) is 77.9 Å². The Bertz CT molecular complexity index is 1060. The molecule has 1 saturated heterocycles. The molecule has 0 saturated carbocycles. The number of phosphoric ester groups is 1. The minimum absolute atomic E-state index is 0.0899. The molecule has 0 aliphatic carbocycles. The van der Waals surface area contributed by atoms with Gasteiger partial charge in [0.05, 0.1) is 32.0 Å². The van der Waals surface area contributed by atoms with Crippen molar-refractivity contribution in [3.63, 3.8) is 0 Å². The van der Waals surface area contributed by atoms with Gasteiger partial charge in [-0.15, -0.1) is 0 Å². The van der Waals surface area contributed by atoms with Crippen LogP contribution < -0.4 is 0 Å². The third-order valence-corrected chi connectivity index (χ3v) is 10.2. The van der Waals surface area contributed by atoms with Gasteiger partial charge in [0.2, 0.25) is 0 Å². The fourth-order valence-electron chi connectivity index (χ4n) is 5.58. The lowest BCUT2D eigenvalue weighted by Gasteiger charge is -2.20. The summed E-state index contributed by atoms with van der Waals surface area (Å²) in [5.74, 6) is -0.195. The Kier molecular flexibility index (Phi) is 30.1. The molecule has 1 heterocycles. The van der Waals surface area contributed by atoms with Crippen molar-refractivity contribution in [1.29, 1.82) is 0 Å². The number of ether oxygens (including phenoxy) is 3. The third-order valence-electron chi connectivity index (χ3n) is 9.26. The van der Waals surface area contributed by atoms with E-state index in [0.717, 1.165) is 50.9 Å². The van der Waals surface area contributed by atoms with E-state index < -0.39 is 51.8 Å². The summed E-state index contributed by atoms with van der Waals surface area (Å²) in [6.45, 7) is 4.56. The number of hydrogen-bond donors (Lipinski definition) is 3. The second-order valence-corrected chi connectivity index (χ2v) is 15.7. The number of epoxide rings is 1. The number of hydrogen-bond acceptors (Lipinski definition) is 10. The van der Waals surface area contributed by atoms with Crippen molar-refractivity contribution in [3.8, 4) is 0 Å². The van der Waals surface area contributed by atoms with Gasteiger partial charge in [-0.25, -0.2) is 4.57 Å². The summed E-state index contributed by atoms with van der Waals surface area (Å²) in [6, 6.07) is 0. The van der Waals surface area contributed by atoms with Crippen LogP contribution in [0.3, 0.4) is 0 Å². The smallest absolute Gasteiger partial charge is 0.462 e. The molecule has 12 heteroatoms. The fourth-order valence-corrected chi connectivity index (χ4v) is 6.37. The molecule has 0 spiro atoms. The number of carbonyl (C=O) groups excluding carboxylic acids is 2. The normalized spacial score (nSPS) is 18.8. The van der Waals surface area contributed by atoms with E-state index in [1.165, 1.54) is 57.8 Å². The Labute approximate surface area is 320 Å². The van der Waals surface area contributed by atoms with Crippen molar-refractivity contribution in [2.45, 2.75) is 180 Å². The van der Waals surface area contributed by atoms with Crippen molar-refractivity contribution < 1.29 is 52.5 Å². The van der Waals surface area contributed by atoms with E-state index in [0.29, 0.717) is 19.3 Å². The van der Waals surface area contributed by atoms with E-state index in [9.17, 15) is 24.2 Å². The minimum atomic E-state index is -4.64. The highest BCUT2D eigenvalue weighted by Gasteiger charge is 2.37. The molecular formula is C41H73O11P. The summed E-state index contributed by atoms with van der Waals surface area (Å²) >= 11 is 0. The van der Waals surface area contributed by atoms with Crippen LogP contribution in [0.5, 0.6) is 0 Å². The van der Waals surface area contributed by atoms with Gasteiger partial charge < -0.3 is 29.3 Å². The zero-order valence-electron chi connectivity index (χ0n) is 33.1. The molecule has 0 radical (unpaired) electrons. The molecular weight excluding hydrogens is 699 g/mol. The molecule has 4 unspecified atom stereocenters. The monoisotopic (exact) mass is 772 g/mol. The van der Waals surface area contributed by atoms with Crippen molar-refractivity contribution in [1.82, 2.24) is 0 Å². The van der Waals surface area contributed by atoms with Crippen LogP contribution in [0.15, 0.2) is 36.5 Å². The highest BCUT2D eigenvalue weighted by Crippen LogP contribution is 2.43. The average molecular weight is 773 g/mol. The van der Waals surface area contributed by atoms with Gasteiger partial charge in [-0.3, -0.25) is 18.6 Å². The fraction of sp³-hybridized carbons (Fsp3) is 0.805. The molecule has 1 fully saturated rings. The van der Waals surface area contributed by atoms with Crippen LogP contribution >= 0.6 is 7.82 Å². The number of rotatable bonds is 36. The van der Waals surface area contributed by atoms with Gasteiger partial charge in [-0.1, -0.05) is 128 Å². The lowest BCUT2D eigenvalue weighted by atomic mass is 9.99. The highest BCUT2D eigenvalue weighted by molar-refractivity contribution is 7.47. The topological polar surface area (TPSA) is 161 Å². The second-order valence-electron chi connectivity index (χ2n) is 14.3. The summed E-state index contributed by atoms with van der Waals surface area (Å²) in [7, 11) is -4.64. The number of aliphatic hydroxyl groups is 2. The van der Waals surface area contributed by atoms with Crippen LogP contribution in [0.25, 0.3) is 0 Å². The van der Waals surface area contributed by atoms with Gasteiger partial charge in [0.1, 0.15) is 12.7 Å². The summed E-state index contributed by atoms with van der Waals surface area (Å²) in [6.07, 6.45) is 31.4. The Hall–Kier alpha value is -1.85. The zero-order chi connectivity index (χ0) is 39.0. The van der Waals surface area contributed by atoms with Gasteiger partial charge in [-0.2, -0.15) is 0 Å². The van der Waals surface area contributed by atoms with Crippen molar-refractivity contribution >= 4 is 19.8 Å². The zero-order valence-corrected chi connectivity index (χ0v) is 34.0. The average Bonchev–Trinajstić information content (AvgIpc) is 3.90. The highest BCUT2D eigenvalue weighted by atomic mass is 31.2. The Morgan fingerprint density at radius 2 is 1.38 bits per heavy atom. The lowest BCUT2D eigenvalue weighted by molar-refractivity contribution is -0.161. The predicted octanol–water partition coefficient (Wildman–Crippen LogP) is 9.23.